The SMILES string of the molecule is CCC1CCCN(S(=O)(=O)c2cc(N)ccc2Cl)C1. The lowest BCUT2D eigenvalue weighted by molar-refractivity contribution is 0.261. The van der Waals surface area contributed by atoms with Crippen LogP contribution in [-0.2, 0) is 10.0 Å². The van der Waals surface area contributed by atoms with Gasteiger partial charge < -0.3 is 5.73 Å². The van der Waals surface area contributed by atoms with Crippen LogP contribution >= 0.6 is 11.6 Å². The Morgan fingerprint density at radius 1 is 1.47 bits per heavy atom. The van der Waals surface area contributed by atoms with Crippen molar-refractivity contribution in [3.05, 3.63) is 23.2 Å². The number of nitrogens with two attached hydrogens (primary N) is 1. The fourth-order valence-corrected chi connectivity index (χ4v) is 4.50. The second-order valence-corrected chi connectivity index (χ2v) is 7.28. The fraction of sp³-hybridized carbons (Fsp3) is 0.538. The van der Waals surface area contributed by atoms with Crippen molar-refractivity contribution >= 4 is 27.3 Å². The van der Waals surface area contributed by atoms with Crippen LogP contribution in [0.25, 0.3) is 0 Å². The number of piperidine rings is 1. The van der Waals surface area contributed by atoms with Crippen LogP contribution in [0.2, 0.25) is 5.02 Å². The molecule has 0 amide bonds. The quantitative estimate of drug-likeness (QED) is 0.873. The topological polar surface area (TPSA) is 63.4 Å². The van der Waals surface area contributed by atoms with E-state index in [0.29, 0.717) is 24.7 Å². The van der Waals surface area contributed by atoms with Crippen LogP contribution in [-0.4, -0.2) is 25.8 Å². The predicted molar refractivity (Wildman–Crippen MR) is 77.6 cm³/mol. The number of anilines is 1. The van der Waals surface area contributed by atoms with Crippen molar-refractivity contribution < 1.29 is 8.42 Å². The molecule has 1 heterocycles. The Bertz CT molecular complexity index is 560. The second-order valence-electron chi connectivity index (χ2n) is 4.97. The van der Waals surface area contributed by atoms with Gasteiger partial charge in [0.25, 0.3) is 0 Å². The van der Waals surface area contributed by atoms with Gasteiger partial charge in [0.2, 0.25) is 10.0 Å². The van der Waals surface area contributed by atoms with E-state index in [-0.39, 0.29) is 9.92 Å². The van der Waals surface area contributed by atoms with Crippen molar-refractivity contribution in [1.82, 2.24) is 4.31 Å². The van der Waals surface area contributed by atoms with Gasteiger partial charge in [-0.15, -0.1) is 0 Å². The van der Waals surface area contributed by atoms with Crippen LogP contribution in [0.1, 0.15) is 26.2 Å². The second kappa shape index (κ2) is 5.69. The monoisotopic (exact) mass is 302 g/mol. The van der Waals surface area contributed by atoms with E-state index in [2.05, 4.69) is 6.92 Å². The molecule has 1 aliphatic rings. The molecule has 6 heteroatoms. The van der Waals surface area contributed by atoms with Crippen molar-refractivity contribution in [2.24, 2.45) is 5.92 Å². The fourth-order valence-electron chi connectivity index (χ4n) is 2.44. The average Bonchev–Trinajstić information content (AvgIpc) is 2.41. The molecule has 1 aliphatic heterocycles. The summed E-state index contributed by atoms with van der Waals surface area (Å²) >= 11 is 6.01. The van der Waals surface area contributed by atoms with Crippen LogP contribution in [0.5, 0.6) is 0 Å². The third-order valence-corrected chi connectivity index (χ3v) is 5.98. The number of rotatable bonds is 3. The molecule has 0 radical (unpaired) electrons. The number of sulfonamides is 1. The molecule has 19 heavy (non-hydrogen) atoms. The van der Waals surface area contributed by atoms with Gasteiger partial charge in [-0.3, -0.25) is 0 Å². The van der Waals surface area contributed by atoms with Crippen LogP contribution in [0, 0.1) is 5.92 Å². The van der Waals surface area contributed by atoms with E-state index >= 15 is 0 Å². The van der Waals surface area contributed by atoms with Crippen molar-refractivity contribution in [1.29, 1.82) is 0 Å². The highest BCUT2D eigenvalue weighted by atomic mass is 35.5. The highest BCUT2D eigenvalue weighted by Crippen LogP contribution is 2.30. The van der Waals surface area contributed by atoms with Gasteiger partial charge in [0.15, 0.2) is 0 Å². The number of hydrogen-bond acceptors (Lipinski definition) is 3. The van der Waals surface area contributed by atoms with Gasteiger partial charge in [-0.25, -0.2) is 8.42 Å². The minimum Gasteiger partial charge on any atom is -0.399 e. The highest BCUT2D eigenvalue weighted by Gasteiger charge is 2.31. The number of benzene rings is 1. The first-order valence-corrected chi connectivity index (χ1v) is 8.32. The zero-order valence-electron chi connectivity index (χ0n) is 11.0. The summed E-state index contributed by atoms with van der Waals surface area (Å²) in [5.41, 5.74) is 6.07. The zero-order valence-corrected chi connectivity index (χ0v) is 12.5. The molecule has 1 aromatic carbocycles. The Hall–Kier alpha value is -0.780. The number of nitrogens with zero attached hydrogens (tertiary/aromatic N) is 1. The number of halogens is 1. The summed E-state index contributed by atoms with van der Waals surface area (Å²) in [5.74, 6) is 0.434. The van der Waals surface area contributed by atoms with Gasteiger partial charge in [0, 0.05) is 18.8 Å². The summed E-state index contributed by atoms with van der Waals surface area (Å²) in [4.78, 5) is 0.117. The minimum absolute atomic E-state index is 0.117. The molecule has 106 valence electrons. The lowest BCUT2D eigenvalue weighted by Gasteiger charge is -2.31. The summed E-state index contributed by atoms with van der Waals surface area (Å²) in [6.07, 6.45) is 2.99. The summed E-state index contributed by atoms with van der Waals surface area (Å²) in [5, 5.41) is 0.229. The van der Waals surface area contributed by atoms with Crippen LogP contribution in [0.4, 0.5) is 5.69 Å². The summed E-state index contributed by atoms with van der Waals surface area (Å²) in [6, 6.07) is 4.57. The molecule has 4 nitrogen and oxygen atoms in total. The van der Waals surface area contributed by atoms with Gasteiger partial charge in [-0.1, -0.05) is 24.9 Å². The van der Waals surface area contributed by atoms with E-state index in [9.17, 15) is 8.42 Å². The molecule has 1 fully saturated rings. The smallest absolute Gasteiger partial charge is 0.244 e. The first-order valence-electron chi connectivity index (χ1n) is 6.50. The summed E-state index contributed by atoms with van der Waals surface area (Å²) < 4.78 is 26.7. The summed E-state index contributed by atoms with van der Waals surface area (Å²) in [7, 11) is -3.54. The van der Waals surface area contributed by atoms with Crippen LogP contribution in [0.15, 0.2) is 23.1 Å². The van der Waals surface area contributed by atoms with Gasteiger partial charge in [-0.05, 0) is 37.0 Å². The molecular formula is C13H19ClN2O2S. The Morgan fingerprint density at radius 2 is 2.21 bits per heavy atom. The van der Waals surface area contributed by atoms with Gasteiger partial charge in [0.05, 0.1) is 5.02 Å². The van der Waals surface area contributed by atoms with Crippen LogP contribution in [0.3, 0.4) is 0 Å². The maximum absolute atomic E-state index is 12.6. The molecule has 0 spiro atoms. The van der Waals surface area contributed by atoms with E-state index in [0.717, 1.165) is 19.3 Å². The molecule has 0 bridgehead atoms. The van der Waals surface area contributed by atoms with Crippen molar-refractivity contribution in [3.63, 3.8) is 0 Å². The Kier molecular flexibility index (Phi) is 4.38. The Balaban J connectivity index is 2.34. The van der Waals surface area contributed by atoms with Crippen LogP contribution < -0.4 is 5.73 Å². The van der Waals surface area contributed by atoms with Crippen molar-refractivity contribution in [2.75, 3.05) is 18.8 Å². The molecule has 1 saturated heterocycles. The molecule has 0 aromatic heterocycles. The highest BCUT2D eigenvalue weighted by molar-refractivity contribution is 7.89. The Morgan fingerprint density at radius 3 is 2.89 bits per heavy atom. The first-order chi connectivity index (χ1) is 8.95. The van der Waals surface area contributed by atoms with E-state index in [1.807, 2.05) is 0 Å². The molecule has 1 unspecified atom stereocenters. The summed E-state index contributed by atoms with van der Waals surface area (Å²) in [6.45, 7) is 3.22. The number of nitrogen functional groups attached to an aromatic ring is 1. The third kappa shape index (κ3) is 3.04. The third-order valence-electron chi connectivity index (χ3n) is 3.63. The molecular weight excluding hydrogens is 284 g/mol. The van der Waals surface area contributed by atoms with Gasteiger partial charge in [0.1, 0.15) is 4.90 Å². The molecule has 0 saturated carbocycles. The molecule has 2 rings (SSSR count). The van der Waals surface area contributed by atoms with E-state index in [1.165, 1.54) is 16.4 Å². The standard InChI is InChI=1S/C13H19ClN2O2S/c1-2-10-4-3-7-16(9-10)19(17,18)13-8-11(15)5-6-12(13)14/h5-6,8,10H,2-4,7,9,15H2,1H3. The molecule has 1 aromatic rings. The first kappa shape index (κ1) is 14.6. The van der Waals surface area contributed by atoms with Crippen molar-refractivity contribution in [3.8, 4) is 0 Å². The minimum atomic E-state index is -3.54. The normalized spacial score (nSPS) is 21.5. The maximum atomic E-state index is 12.6. The average molecular weight is 303 g/mol. The van der Waals surface area contributed by atoms with Gasteiger partial charge >= 0.3 is 0 Å². The Labute approximate surface area is 119 Å². The lowest BCUT2D eigenvalue weighted by atomic mass is 9.97. The zero-order chi connectivity index (χ0) is 14.0. The van der Waals surface area contributed by atoms with E-state index in [1.54, 1.807) is 6.07 Å². The molecule has 0 aliphatic carbocycles. The molecule has 1 atom stereocenters. The maximum Gasteiger partial charge on any atom is 0.244 e. The predicted octanol–water partition coefficient (Wildman–Crippen LogP) is 2.73. The van der Waals surface area contributed by atoms with Crippen molar-refractivity contribution in [2.45, 2.75) is 31.1 Å². The van der Waals surface area contributed by atoms with Gasteiger partial charge in [-0.2, -0.15) is 4.31 Å². The number of hydrogen-bond donors (Lipinski definition) is 1. The largest absolute Gasteiger partial charge is 0.399 e. The van der Waals surface area contributed by atoms with E-state index < -0.39 is 10.0 Å². The lowest BCUT2D eigenvalue weighted by Crippen LogP contribution is -2.39. The molecule has 2 N–H and O–H groups in total. The van der Waals surface area contributed by atoms with E-state index in [4.69, 9.17) is 17.3 Å².